The second-order valence-electron chi connectivity index (χ2n) is 5.30. The number of amides is 1. The van der Waals surface area contributed by atoms with Gasteiger partial charge in [0.2, 0.25) is 5.91 Å². The molecule has 1 aliphatic heterocycles. The molecule has 1 aromatic carbocycles. The van der Waals surface area contributed by atoms with Crippen molar-refractivity contribution in [2.45, 2.75) is 31.2 Å². The summed E-state index contributed by atoms with van der Waals surface area (Å²) in [6, 6.07) is 7.55. The van der Waals surface area contributed by atoms with Gasteiger partial charge in [-0.1, -0.05) is 18.2 Å². The molecule has 0 spiro atoms. The number of aliphatic hydroxyl groups is 1. The van der Waals surface area contributed by atoms with Crippen LogP contribution in [-0.2, 0) is 16.0 Å². The average Bonchev–Trinajstić information content (AvgIpc) is 2.47. The summed E-state index contributed by atoms with van der Waals surface area (Å²) in [6.07, 6.45) is 2.29. The molecule has 1 saturated heterocycles. The van der Waals surface area contributed by atoms with Gasteiger partial charge in [-0.25, -0.2) is 0 Å². The molecule has 0 bridgehead atoms. The van der Waals surface area contributed by atoms with Gasteiger partial charge in [0.1, 0.15) is 0 Å². The van der Waals surface area contributed by atoms with Crippen LogP contribution in [-0.4, -0.2) is 36.4 Å². The van der Waals surface area contributed by atoms with Gasteiger partial charge in [-0.2, -0.15) is 0 Å². The van der Waals surface area contributed by atoms with Gasteiger partial charge in [0, 0.05) is 25.3 Å². The average molecular weight is 278 g/mol. The lowest BCUT2D eigenvalue weighted by Gasteiger charge is -2.36. The van der Waals surface area contributed by atoms with Crippen LogP contribution in [0.3, 0.4) is 0 Å². The second kappa shape index (κ2) is 6.72. The molecule has 0 aliphatic carbocycles. The fraction of sp³-hybridized carbons (Fsp3) is 0.533. The third-order valence-corrected chi connectivity index (χ3v) is 3.83. The summed E-state index contributed by atoms with van der Waals surface area (Å²) < 4.78 is 5.27. The van der Waals surface area contributed by atoms with Gasteiger partial charge >= 0.3 is 0 Å². The van der Waals surface area contributed by atoms with Crippen molar-refractivity contribution in [3.8, 4) is 0 Å². The van der Waals surface area contributed by atoms with Gasteiger partial charge in [-0.3, -0.25) is 4.79 Å². The summed E-state index contributed by atoms with van der Waals surface area (Å²) >= 11 is 0. The molecule has 1 aromatic rings. The highest BCUT2D eigenvalue weighted by molar-refractivity contribution is 5.77. The number of carbonyl (C=O) groups excluding carboxylic acids is 1. The normalized spacial score (nSPS) is 17.6. The molecule has 0 saturated carbocycles. The fourth-order valence-electron chi connectivity index (χ4n) is 2.45. The minimum absolute atomic E-state index is 0.0461. The molecule has 1 fully saturated rings. The SMILES string of the molecule is Nc1ccccc1CCC(=O)NC1(CO)CCOCC1. The molecule has 0 radical (unpaired) electrons. The number of hydrogen-bond donors (Lipinski definition) is 3. The number of aliphatic hydroxyl groups excluding tert-OH is 1. The zero-order valence-corrected chi connectivity index (χ0v) is 11.6. The Morgan fingerprint density at radius 3 is 2.70 bits per heavy atom. The number of benzene rings is 1. The van der Waals surface area contributed by atoms with E-state index in [1.54, 1.807) is 0 Å². The van der Waals surface area contributed by atoms with E-state index in [0.29, 0.717) is 44.6 Å². The van der Waals surface area contributed by atoms with Crippen molar-refractivity contribution in [2.75, 3.05) is 25.6 Å². The largest absolute Gasteiger partial charge is 0.399 e. The van der Waals surface area contributed by atoms with Gasteiger partial charge in [0.25, 0.3) is 0 Å². The van der Waals surface area contributed by atoms with E-state index in [0.717, 1.165) is 5.56 Å². The zero-order chi connectivity index (χ0) is 14.4. The third-order valence-electron chi connectivity index (χ3n) is 3.83. The second-order valence-corrected chi connectivity index (χ2v) is 5.30. The van der Waals surface area contributed by atoms with E-state index in [9.17, 15) is 9.90 Å². The number of rotatable bonds is 5. The van der Waals surface area contributed by atoms with Crippen molar-refractivity contribution in [3.63, 3.8) is 0 Å². The minimum atomic E-state index is -0.516. The molecular weight excluding hydrogens is 256 g/mol. The topological polar surface area (TPSA) is 84.6 Å². The number of anilines is 1. The number of nitrogens with two attached hydrogens (primary N) is 1. The molecule has 4 N–H and O–H groups in total. The number of nitrogens with one attached hydrogen (secondary N) is 1. The van der Waals surface area contributed by atoms with Crippen LogP contribution in [0, 0.1) is 0 Å². The summed E-state index contributed by atoms with van der Waals surface area (Å²) in [4.78, 5) is 12.1. The maximum absolute atomic E-state index is 12.1. The first-order chi connectivity index (χ1) is 9.65. The number of carbonyl (C=O) groups is 1. The maximum Gasteiger partial charge on any atom is 0.220 e. The highest BCUT2D eigenvalue weighted by atomic mass is 16.5. The first-order valence-electron chi connectivity index (χ1n) is 6.98. The Bertz CT molecular complexity index is 456. The van der Waals surface area contributed by atoms with Crippen LogP contribution in [0.15, 0.2) is 24.3 Å². The van der Waals surface area contributed by atoms with Crippen molar-refractivity contribution in [3.05, 3.63) is 29.8 Å². The maximum atomic E-state index is 12.1. The third kappa shape index (κ3) is 3.71. The lowest BCUT2D eigenvalue weighted by atomic mass is 9.90. The van der Waals surface area contributed by atoms with E-state index in [-0.39, 0.29) is 12.5 Å². The number of aryl methyl sites for hydroxylation is 1. The highest BCUT2D eigenvalue weighted by Crippen LogP contribution is 2.20. The Kier molecular flexibility index (Phi) is 4.98. The number of nitrogen functional groups attached to an aromatic ring is 1. The number of hydrogen-bond acceptors (Lipinski definition) is 4. The standard InChI is InChI=1S/C15H22N2O3/c16-13-4-2-1-3-12(13)5-6-14(19)17-15(11-18)7-9-20-10-8-15/h1-4,18H,5-11,16H2,(H,17,19). The Balaban J connectivity index is 1.87. The van der Waals surface area contributed by atoms with Crippen molar-refractivity contribution >= 4 is 11.6 Å². The van der Waals surface area contributed by atoms with E-state index in [1.165, 1.54) is 0 Å². The van der Waals surface area contributed by atoms with Crippen molar-refractivity contribution in [1.29, 1.82) is 0 Å². The number of ether oxygens (including phenoxy) is 1. The predicted molar refractivity (Wildman–Crippen MR) is 77.2 cm³/mol. The van der Waals surface area contributed by atoms with Gasteiger partial charge in [0.05, 0.1) is 12.1 Å². The summed E-state index contributed by atoms with van der Waals surface area (Å²) in [5.41, 5.74) is 7.03. The van der Waals surface area contributed by atoms with Gasteiger partial charge < -0.3 is 20.9 Å². The van der Waals surface area contributed by atoms with Crippen LogP contribution in [0.5, 0.6) is 0 Å². The van der Waals surface area contributed by atoms with Crippen molar-refractivity contribution < 1.29 is 14.6 Å². The Labute approximate surface area is 119 Å². The molecule has 2 rings (SSSR count). The van der Waals surface area contributed by atoms with E-state index in [4.69, 9.17) is 10.5 Å². The molecule has 0 atom stereocenters. The molecular formula is C15H22N2O3. The molecule has 0 unspecified atom stereocenters. The van der Waals surface area contributed by atoms with E-state index in [2.05, 4.69) is 5.32 Å². The lowest BCUT2D eigenvalue weighted by Crippen LogP contribution is -2.54. The van der Waals surface area contributed by atoms with Crippen LogP contribution in [0.4, 0.5) is 5.69 Å². The predicted octanol–water partition coefficient (Wildman–Crippen LogP) is 0.859. The quantitative estimate of drug-likeness (QED) is 0.697. The van der Waals surface area contributed by atoms with Crippen LogP contribution in [0.25, 0.3) is 0 Å². The van der Waals surface area contributed by atoms with Crippen LogP contribution in [0.2, 0.25) is 0 Å². The van der Waals surface area contributed by atoms with Crippen molar-refractivity contribution in [2.24, 2.45) is 0 Å². The molecule has 5 nitrogen and oxygen atoms in total. The van der Waals surface area contributed by atoms with Gasteiger partial charge in [-0.15, -0.1) is 0 Å². The van der Waals surface area contributed by atoms with Crippen molar-refractivity contribution in [1.82, 2.24) is 5.32 Å². The summed E-state index contributed by atoms with van der Waals surface area (Å²) in [5, 5.41) is 12.5. The molecule has 5 heteroatoms. The van der Waals surface area contributed by atoms with Crippen LogP contribution >= 0.6 is 0 Å². The monoisotopic (exact) mass is 278 g/mol. The Hall–Kier alpha value is -1.59. The Morgan fingerprint density at radius 2 is 2.05 bits per heavy atom. The van der Waals surface area contributed by atoms with Gasteiger partial charge in [0.15, 0.2) is 0 Å². The lowest BCUT2D eigenvalue weighted by molar-refractivity contribution is -0.125. The molecule has 20 heavy (non-hydrogen) atoms. The van der Waals surface area contributed by atoms with E-state index >= 15 is 0 Å². The summed E-state index contributed by atoms with van der Waals surface area (Å²) in [6.45, 7) is 1.11. The summed E-state index contributed by atoms with van der Waals surface area (Å²) in [5.74, 6) is -0.0517. The first kappa shape index (κ1) is 14.8. The summed E-state index contributed by atoms with van der Waals surface area (Å²) in [7, 11) is 0. The smallest absolute Gasteiger partial charge is 0.220 e. The molecule has 0 aromatic heterocycles. The van der Waals surface area contributed by atoms with E-state index in [1.807, 2.05) is 24.3 Å². The molecule has 1 amide bonds. The molecule has 1 heterocycles. The van der Waals surface area contributed by atoms with E-state index < -0.39 is 5.54 Å². The minimum Gasteiger partial charge on any atom is -0.399 e. The highest BCUT2D eigenvalue weighted by Gasteiger charge is 2.33. The molecule has 1 aliphatic rings. The first-order valence-corrected chi connectivity index (χ1v) is 6.98. The zero-order valence-electron chi connectivity index (χ0n) is 11.6. The number of para-hydroxylation sites is 1. The van der Waals surface area contributed by atoms with Crippen LogP contribution < -0.4 is 11.1 Å². The van der Waals surface area contributed by atoms with Gasteiger partial charge in [-0.05, 0) is 30.9 Å². The fourth-order valence-corrected chi connectivity index (χ4v) is 2.45. The van der Waals surface area contributed by atoms with Crippen LogP contribution in [0.1, 0.15) is 24.8 Å². The Morgan fingerprint density at radius 1 is 1.35 bits per heavy atom. The molecule has 110 valence electrons.